The number of ether oxygens (including phenoxy) is 1. The second-order valence-electron chi connectivity index (χ2n) is 6.14. The summed E-state index contributed by atoms with van der Waals surface area (Å²) in [5.74, 6) is 0.490. The first kappa shape index (κ1) is 20.9. The van der Waals surface area contributed by atoms with Crippen LogP contribution in [0.15, 0.2) is 59.5 Å². The molecule has 2 rings (SSSR count). The highest BCUT2D eigenvalue weighted by molar-refractivity contribution is 7.89. The van der Waals surface area contributed by atoms with Crippen molar-refractivity contribution in [3.8, 4) is 5.75 Å². The van der Waals surface area contributed by atoms with E-state index in [1.807, 2.05) is 44.2 Å². The van der Waals surface area contributed by atoms with Gasteiger partial charge < -0.3 is 9.64 Å². The molecule has 0 bridgehead atoms. The Labute approximate surface area is 161 Å². The molecule has 0 aromatic heterocycles. The molecule has 7 heteroatoms. The fraction of sp³-hybridized carbons (Fsp3) is 0.350. The SMILES string of the molecule is CCOc1ccc(S(=O)(=O)NCCC(=O)N(C)C(C)c2ccccc2)cc1. The molecule has 0 aliphatic heterocycles. The lowest BCUT2D eigenvalue weighted by atomic mass is 10.1. The summed E-state index contributed by atoms with van der Waals surface area (Å²) in [7, 11) is -1.94. The van der Waals surface area contributed by atoms with E-state index < -0.39 is 10.0 Å². The van der Waals surface area contributed by atoms with Gasteiger partial charge in [-0.2, -0.15) is 0 Å². The van der Waals surface area contributed by atoms with Crippen molar-refractivity contribution in [3.05, 3.63) is 60.2 Å². The molecular weight excluding hydrogens is 364 g/mol. The topological polar surface area (TPSA) is 75.7 Å². The molecule has 0 aliphatic carbocycles. The van der Waals surface area contributed by atoms with Crippen LogP contribution in [0.5, 0.6) is 5.75 Å². The molecule has 0 spiro atoms. The number of nitrogens with zero attached hydrogens (tertiary/aromatic N) is 1. The number of hydrogen-bond donors (Lipinski definition) is 1. The summed E-state index contributed by atoms with van der Waals surface area (Å²) in [6, 6.07) is 15.8. The molecule has 1 atom stereocenters. The van der Waals surface area contributed by atoms with Crippen molar-refractivity contribution in [2.75, 3.05) is 20.2 Å². The summed E-state index contributed by atoms with van der Waals surface area (Å²) in [5, 5.41) is 0. The molecular formula is C20H26N2O4S. The van der Waals surface area contributed by atoms with Gasteiger partial charge in [-0.25, -0.2) is 13.1 Å². The minimum atomic E-state index is -3.66. The van der Waals surface area contributed by atoms with Crippen LogP contribution < -0.4 is 9.46 Å². The molecule has 6 nitrogen and oxygen atoms in total. The van der Waals surface area contributed by atoms with Gasteiger partial charge in [0.15, 0.2) is 0 Å². The van der Waals surface area contributed by atoms with Gasteiger partial charge in [-0.1, -0.05) is 30.3 Å². The lowest BCUT2D eigenvalue weighted by Gasteiger charge is -2.25. The largest absolute Gasteiger partial charge is 0.494 e. The molecule has 0 aliphatic rings. The average molecular weight is 391 g/mol. The Hall–Kier alpha value is -2.38. The van der Waals surface area contributed by atoms with Crippen molar-refractivity contribution in [2.45, 2.75) is 31.2 Å². The van der Waals surface area contributed by atoms with Gasteiger partial charge in [-0.15, -0.1) is 0 Å². The Kier molecular flexibility index (Phi) is 7.38. The fourth-order valence-electron chi connectivity index (χ4n) is 2.60. The Bertz CT molecular complexity index is 836. The summed E-state index contributed by atoms with van der Waals surface area (Å²) < 4.78 is 32.4. The molecule has 1 unspecified atom stereocenters. The highest BCUT2D eigenvalue weighted by Crippen LogP contribution is 2.19. The Balaban J connectivity index is 1.89. The third-order valence-electron chi connectivity index (χ3n) is 4.33. The lowest BCUT2D eigenvalue weighted by Crippen LogP contribution is -2.33. The Morgan fingerprint density at radius 1 is 1.11 bits per heavy atom. The molecule has 1 amide bonds. The summed E-state index contributed by atoms with van der Waals surface area (Å²) in [4.78, 5) is 14.1. The number of hydrogen-bond acceptors (Lipinski definition) is 4. The maximum atomic E-state index is 12.4. The van der Waals surface area contributed by atoms with E-state index in [-0.39, 0.29) is 29.8 Å². The first-order chi connectivity index (χ1) is 12.8. The van der Waals surface area contributed by atoms with E-state index in [4.69, 9.17) is 4.74 Å². The van der Waals surface area contributed by atoms with Gasteiger partial charge >= 0.3 is 0 Å². The minimum absolute atomic E-state index is 0.0419. The number of benzene rings is 2. The van der Waals surface area contributed by atoms with Crippen LogP contribution in [0.4, 0.5) is 0 Å². The first-order valence-electron chi connectivity index (χ1n) is 8.88. The van der Waals surface area contributed by atoms with E-state index in [9.17, 15) is 13.2 Å². The molecule has 0 heterocycles. The van der Waals surface area contributed by atoms with E-state index in [1.165, 1.54) is 12.1 Å². The average Bonchev–Trinajstić information content (AvgIpc) is 2.68. The lowest BCUT2D eigenvalue weighted by molar-refractivity contribution is -0.131. The van der Waals surface area contributed by atoms with Crippen molar-refractivity contribution in [1.29, 1.82) is 0 Å². The summed E-state index contributed by atoms with van der Waals surface area (Å²) in [5.41, 5.74) is 1.03. The predicted octanol–water partition coefficient (Wildman–Crippen LogP) is 2.97. The third-order valence-corrected chi connectivity index (χ3v) is 5.81. The van der Waals surface area contributed by atoms with Crippen LogP contribution in [0.25, 0.3) is 0 Å². The Morgan fingerprint density at radius 3 is 2.33 bits per heavy atom. The van der Waals surface area contributed by atoms with E-state index in [0.717, 1.165) is 5.56 Å². The number of amides is 1. The maximum absolute atomic E-state index is 12.4. The van der Waals surface area contributed by atoms with Gasteiger partial charge in [0.1, 0.15) is 5.75 Å². The monoisotopic (exact) mass is 390 g/mol. The van der Waals surface area contributed by atoms with E-state index in [2.05, 4.69) is 4.72 Å². The molecule has 146 valence electrons. The zero-order valence-electron chi connectivity index (χ0n) is 15.9. The number of nitrogens with one attached hydrogen (secondary N) is 1. The van der Waals surface area contributed by atoms with Crippen molar-refractivity contribution in [2.24, 2.45) is 0 Å². The van der Waals surface area contributed by atoms with E-state index in [0.29, 0.717) is 12.4 Å². The molecule has 1 N–H and O–H groups in total. The molecule has 0 saturated heterocycles. The van der Waals surface area contributed by atoms with Gasteiger partial charge in [0.05, 0.1) is 17.5 Å². The standard InChI is InChI=1S/C20H26N2O4S/c1-4-26-18-10-12-19(13-11-18)27(24,25)21-15-14-20(23)22(3)16(2)17-8-6-5-7-9-17/h5-13,16,21H,4,14-15H2,1-3H3. The highest BCUT2D eigenvalue weighted by atomic mass is 32.2. The zero-order chi connectivity index (χ0) is 19.9. The van der Waals surface area contributed by atoms with Crippen molar-refractivity contribution in [1.82, 2.24) is 9.62 Å². The zero-order valence-corrected chi connectivity index (χ0v) is 16.7. The molecule has 0 fully saturated rings. The van der Waals surface area contributed by atoms with Crippen molar-refractivity contribution >= 4 is 15.9 Å². The second-order valence-corrected chi connectivity index (χ2v) is 7.91. The van der Waals surface area contributed by atoms with Gasteiger partial charge in [0.2, 0.25) is 15.9 Å². The number of sulfonamides is 1. The summed E-state index contributed by atoms with van der Waals surface area (Å²) in [6.45, 7) is 4.36. The van der Waals surface area contributed by atoms with Gasteiger partial charge in [-0.05, 0) is 43.7 Å². The van der Waals surface area contributed by atoms with Gasteiger partial charge in [0, 0.05) is 20.0 Å². The van der Waals surface area contributed by atoms with Crippen LogP contribution in [0.1, 0.15) is 31.9 Å². The molecule has 2 aromatic carbocycles. The fourth-order valence-corrected chi connectivity index (χ4v) is 3.64. The minimum Gasteiger partial charge on any atom is -0.494 e. The summed E-state index contributed by atoms with van der Waals surface area (Å²) >= 11 is 0. The maximum Gasteiger partial charge on any atom is 0.240 e. The normalized spacial score (nSPS) is 12.4. The number of carbonyl (C=O) groups excluding carboxylic acids is 1. The van der Waals surface area contributed by atoms with Crippen LogP contribution in [-0.2, 0) is 14.8 Å². The number of carbonyl (C=O) groups is 1. The third kappa shape index (κ3) is 5.80. The summed E-state index contributed by atoms with van der Waals surface area (Å²) in [6.07, 6.45) is 0.0872. The number of rotatable bonds is 9. The van der Waals surface area contributed by atoms with Crippen LogP contribution in [0, 0.1) is 0 Å². The molecule has 2 aromatic rings. The van der Waals surface area contributed by atoms with Crippen LogP contribution in [-0.4, -0.2) is 39.4 Å². The van der Waals surface area contributed by atoms with E-state index in [1.54, 1.807) is 24.1 Å². The van der Waals surface area contributed by atoms with Gasteiger partial charge in [-0.3, -0.25) is 4.79 Å². The highest BCUT2D eigenvalue weighted by Gasteiger charge is 2.19. The molecule has 0 radical (unpaired) electrons. The van der Waals surface area contributed by atoms with Crippen molar-refractivity contribution < 1.29 is 17.9 Å². The quantitative estimate of drug-likeness (QED) is 0.714. The van der Waals surface area contributed by atoms with Crippen molar-refractivity contribution in [3.63, 3.8) is 0 Å². The van der Waals surface area contributed by atoms with Crippen LogP contribution in [0.2, 0.25) is 0 Å². The van der Waals surface area contributed by atoms with Crippen LogP contribution >= 0.6 is 0 Å². The molecule has 0 saturated carbocycles. The van der Waals surface area contributed by atoms with Gasteiger partial charge in [0.25, 0.3) is 0 Å². The Morgan fingerprint density at radius 2 is 1.74 bits per heavy atom. The predicted molar refractivity (Wildman–Crippen MR) is 105 cm³/mol. The van der Waals surface area contributed by atoms with E-state index >= 15 is 0 Å². The smallest absolute Gasteiger partial charge is 0.240 e. The first-order valence-corrected chi connectivity index (χ1v) is 10.4. The molecule has 27 heavy (non-hydrogen) atoms. The van der Waals surface area contributed by atoms with Crippen LogP contribution in [0.3, 0.4) is 0 Å². The second kappa shape index (κ2) is 9.53.